The van der Waals surface area contributed by atoms with Gasteiger partial charge < -0.3 is 10.1 Å². The zero-order valence-corrected chi connectivity index (χ0v) is 18.0. The molecule has 1 N–H and O–H groups in total. The number of allylic oxidation sites excluding steroid dienone is 1. The Kier molecular flexibility index (Phi) is 6.48. The van der Waals surface area contributed by atoms with Gasteiger partial charge in [-0.15, -0.1) is 0 Å². The fourth-order valence-electron chi connectivity index (χ4n) is 3.72. The first-order valence-electron chi connectivity index (χ1n) is 10.6. The van der Waals surface area contributed by atoms with Crippen molar-refractivity contribution in [2.45, 2.75) is 37.9 Å². The Morgan fingerprint density at radius 2 is 1.97 bits per heavy atom. The SMILES string of the molecule is Cn1cc(C(=O)NC2CCC(=Cc3cccc(Oc4ccc(C(F)(F)F)cn4)c3)CC2)cn1. The molecule has 172 valence electrons. The molecule has 6 nitrogen and oxygen atoms in total. The molecule has 1 aromatic carbocycles. The van der Waals surface area contributed by atoms with Gasteiger partial charge in [0.2, 0.25) is 5.88 Å². The van der Waals surface area contributed by atoms with Gasteiger partial charge in [-0.1, -0.05) is 23.8 Å². The van der Waals surface area contributed by atoms with Gasteiger partial charge in [0.05, 0.1) is 17.3 Å². The zero-order valence-electron chi connectivity index (χ0n) is 18.0. The van der Waals surface area contributed by atoms with Crippen LogP contribution in [-0.4, -0.2) is 26.7 Å². The summed E-state index contributed by atoms with van der Waals surface area (Å²) in [7, 11) is 1.77. The summed E-state index contributed by atoms with van der Waals surface area (Å²) in [6, 6.07) is 9.58. The van der Waals surface area contributed by atoms with Crippen LogP contribution in [-0.2, 0) is 13.2 Å². The van der Waals surface area contributed by atoms with Crippen molar-refractivity contribution in [3.05, 3.63) is 77.3 Å². The predicted molar refractivity (Wildman–Crippen MR) is 117 cm³/mol. The van der Waals surface area contributed by atoms with Gasteiger partial charge in [0.1, 0.15) is 5.75 Å². The van der Waals surface area contributed by atoms with E-state index in [0.29, 0.717) is 11.3 Å². The molecule has 1 saturated carbocycles. The molecule has 0 unspecified atom stereocenters. The molecule has 4 rings (SSSR count). The maximum atomic E-state index is 12.7. The van der Waals surface area contributed by atoms with Crippen LogP contribution in [0.25, 0.3) is 6.08 Å². The molecule has 0 atom stereocenters. The highest BCUT2D eigenvalue weighted by Gasteiger charge is 2.30. The number of carbonyl (C=O) groups excluding carboxylic acids is 1. The molecule has 0 saturated heterocycles. The molecule has 1 fully saturated rings. The summed E-state index contributed by atoms with van der Waals surface area (Å²) in [6.07, 6.45) is 5.09. The summed E-state index contributed by atoms with van der Waals surface area (Å²) < 4.78 is 45.2. The second kappa shape index (κ2) is 9.48. The highest BCUT2D eigenvalue weighted by Crippen LogP contribution is 2.31. The number of carbonyl (C=O) groups is 1. The van der Waals surface area contributed by atoms with Crippen LogP contribution in [0, 0.1) is 0 Å². The molecule has 3 aromatic rings. The quantitative estimate of drug-likeness (QED) is 0.560. The fraction of sp³-hybridized carbons (Fsp3) is 0.292. The number of aromatic nitrogens is 3. The van der Waals surface area contributed by atoms with E-state index in [1.807, 2.05) is 18.2 Å². The van der Waals surface area contributed by atoms with Crippen LogP contribution in [0.1, 0.15) is 47.2 Å². The van der Waals surface area contributed by atoms with Crippen molar-refractivity contribution in [1.29, 1.82) is 0 Å². The number of aryl methyl sites for hydroxylation is 1. The minimum Gasteiger partial charge on any atom is -0.439 e. The molecule has 1 amide bonds. The number of pyridine rings is 1. The molecule has 1 aliphatic carbocycles. The highest BCUT2D eigenvalue weighted by molar-refractivity contribution is 5.93. The van der Waals surface area contributed by atoms with Crippen LogP contribution in [0.2, 0.25) is 0 Å². The molecular weight excluding hydrogens is 433 g/mol. The standard InChI is InChI=1S/C24H23F3N4O2/c1-31-15-18(13-29-31)23(32)30-20-8-5-16(6-9-20)11-17-3-2-4-21(12-17)33-22-10-7-19(14-28-22)24(25,26)27/h2-4,7,10-15,20H,5-6,8-9H2,1H3,(H,30,32). The third kappa shape index (κ3) is 6.00. The largest absolute Gasteiger partial charge is 0.439 e. The van der Waals surface area contributed by atoms with Crippen molar-refractivity contribution in [3.8, 4) is 11.6 Å². The van der Waals surface area contributed by atoms with Crippen molar-refractivity contribution < 1.29 is 22.7 Å². The number of ether oxygens (including phenoxy) is 1. The first kappa shape index (κ1) is 22.6. The average molecular weight is 456 g/mol. The van der Waals surface area contributed by atoms with E-state index >= 15 is 0 Å². The maximum Gasteiger partial charge on any atom is 0.417 e. The Hall–Kier alpha value is -3.62. The van der Waals surface area contributed by atoms with Crippen LogP contribution in [0.4, 0.5) is 13.2 Å². The van der Waals surface area contributed by atoms with E-state index in [-0.39, 0.29) is 17.8 Å². The van der Waals surface area contributed by atoms with Gasteiger partial charge in [0.15, 0.2) is 0 Å². The lowest BCUT2D eigenvalue weighted by atomic mass is 9.89. The summed E-state index contributed by atoms with van der Waals surface area (Å²) in [5.74, 6) is 0.481. The fourth-order valence-corrected chi connectivity index (χ4v) is 3.72. The minimum absolute atomic E-state index is 0.0951. The van der Waals surface area contributed by atoms with Crippen molar-refractivity contribution in [2.24, 2.45) is 7.05 Å². The zero-order chi connectivity index (χ0) is 23.4. The number of benzene rings is 1. The van der Waals surface area contributed by atoms with E-state index in [0.717, 1.165) is 43.5 Å². The number of amides is 1. The number of halogens is 3. The lowest BCUT2D eigenvalue weighted by molar-refractivity contribution is -0.137. The summed E-state index contributed by atoms with van der Waals surface area (Å²) >= 11 is 0. The van der Waals surface area contributed by atoms with Crippen LogP contribution >= 0.6 is 0 Å². The topological polar surface area (TPSA) is 69.0 Å². The monoisotopic (exact) mass is 456 g/mol. The summed E-state index contributed by atoms with van der Waals surface area (Å²) in [5.41, 5.74) is 1.94. The summed E-state index contributed by atoms with van der Waals surface area (Å²) in [4.78, 5) is 16.0. The lowest BCUT2D eigenvalue weighted by Gasteiger charge is -2.25. The number of hydrogen-bond donors (Lipinski definition) is 1. The van der Waals surface area contributed by atoms with Gasteiger partial charge in [0, 0.05) is 31.5 Å². The molecule has 0 aliphatic heterocycles. The Labute approximate surface area is 189 Å². The van der Waals surface area contributed by atoms with Gasteiger partial charge in [-0.3, -0.25) is 9.48 Å². The maximum absolute atomic E-state index is 12.7. The van der Waals surface area contributed by atoms with Crippen molar-refractivity contribution in [3.63, 3.8) is 0 Å². The predicted octanol–water partition coefficient (Wildman–Crippen LogP) is 5.38. The number of hydrogen-bond acceptors (Lipinski definition) is 4. The Morgan fingerprint density at radius 1 is 1.18 bits per heavy atom. The number of rotatable bonds is 5. The Balaban J connectivity index is 1.33. The summed E-state index contributed by atoms with van der Waals surface area (Å²) in [5, 5.41) is 7.09. The molecule has 0 bridgehead atoms. The third-order valence-corrected chi connectivity index (χ3v) is 5.45. The first-order chi connectivity index (χ1) is 15.8. The second-order valence-corrected chi connectivity index (χ2v) is 8.01. The van der Waals surface area contributed by atoms with Gasteiger partial charge in [-0.05, 0) is 49.4 Å². The highest BCUT2D eigenvalue weighted by atomic mass is 19.4. The normalized spacial score (nSPS) is 16.4. The second-order valence-electron chi connectivity index (χ2n) is 8.01. The Morgan fingerprint density at radius 3 is 2.61 bits per heavy atom. The van der Waals surface area contributed by atoms with E-state index in [1.54, 1.807) is 30.2 Å². The number of nitrogens with zero attached hydrogens (tertiary/aromatic N) is 3. The minimum atomic E-state index is -4.43. The van der Waals surface area contributed by atoms with Crippen LogP contribution in [0.15, 0.2) is 60.6 Å². The molecular formula is C24H23F3N4O2. The van der Waals surface area contributed by atoms with E-state index in [9.17, 15) is 18.0 Å². The van der Waals surface area contributed by atoms with Gasteiger partial charge in [-0.25, -0.2) is 4.98 Å². The van der Waals surface area contributed by atoms with E-state index < -0.39 is 11.7 Å². The van der Waals surface area contributed by atoms with Crippen LogP contribution < -0.4 is 10.1 Å². The van der Waals surface area contributed by atoms with Gasteiger partial charge in [-0.2, -0.15) is 18.3 Å². The Bertz CT molecular complexity index is 1140. The van der Waals surface area contributed by atoms with Crippen molar-refractivity contribution in [2.75, 3.05) is 0 Å². The van der Waals surface area contributed by atoms with E-state index in [1.165, 1.54) is 11.6 Å². The molecule has 0 spiro atoms. The van der Waals surface area contributed by atoms with Gasteiger partial charge in [0.25, 0.3) is 5.91 Å². The molecule has 1 aliphatic rings. The molecule has 0 radical (unpaired) electrons. The molecule has 9 heteroatoms. The first-order valence-corrected chi connectivity index (χ1v) is 10.6. The van der Waals surface area contributed by atoms with Crippen LogP contribution in [0.5, 0.6) is 11.6 Å². The van der Waals surface area contributed by atoms with E-state index in [4.69, 9.17) is 4.74 Å². The smallest absolute Gasteiger partial charge is 0.417 e. The van der Waals surface area contributed by atoms with Crippen molar-refractivity contribution in [1.82, 2.24) is 20.1 Å². The number of alkyl halides is 3. The average Bonchev–Trinajstić information content (AvgIpc) is 3.22. The summed E-state index contributed by atoms with van der Waals surface area (Å²) in [6.45, 7) is 0. The van der Waals surface area contributed by atoms with E-state index in [2.05, 4.69) is 21.5 Å². The molecule has 33 heavy (non-hydrogen) atoms. The molecule has 2 heterocycles. The van der Waals surface area contributed by atoms with Gasteiger partial charge >= 0.3 is 6.18 Å². The molecule has 2 aromatic heterocycles. The van der Waals surface area contributed by atoms with Crippen molar-refractivity contribution >= 4 is 12.0 Å². The van der Waals surface area contributed by atoms with Crippen LogP contribution in [0.3, 0.4) is 0 Å². The third-order valence-electron chi connectivity index (χ3n) is 5.45. The number of nitrogens with one attached hydrogen (secondary N) is 1. The lowest BCUT2D eigenvalue weighted by Crippen LogP contribution is -2.36.